The van der Waals surface area contributed by atoms with Crippen molar-refractivity contribution in [2.24, 2.45) is 0 Å². The lowest BCUT2D eigenvalue weighted by atomic mass is 10.2. The lowest BCUT2D eigenvalue weighted by Gasteiger charge is -2.27. The van der Waals surface area contributed by atoms with Gasteiger partial charge in [-0.1, -0.05) is 13.8 Å². The monoisotopic (exact) mass is 294 g/mol. The van der Waals surface area contributed by atoms with Gasteiger partial charge in [-0.3, -0.25) is 14.5 Å². The average Bonchev–Trinajstić information content (AvgIpc) is 2.51. The van der Waals surface area contributed by atoms with Crippen molar-refractivity contribution in [2.75, 3.05) is 26.7 Å². The SMILES string of the molecule is CCN(CC)[C@@H](CNC(=O)c1ccc(O)cc1)C(=O)OC. The third-order valence-corrected chi connectivity index (χ3v) is 3.31. The molecule has 0 aromatic heterocycles. The first-order valence-corrected chi connectivity index (χ1v) is 6.92. The molecule has 1 atom stereocenters. The van der Waals surface area contributed by atoms with E-state index in [-0.39, 0.29) is 24.2 Å². The molecule has 0 fully saturated rings. The fourth-order valence-electron chi connectivity index (χ4n) is 2.07. The van der Waals surface area contributed by atoms with E-state index in [1.165, 1.54) is 31.4 Å². The molecule has 2 N–H and O–H groups in total. The maximum atomic E-state index is 12.0. The van der Waals surface area contributed by atoms with Gasteiger partial charge in [-0.05, 0) is 37.4 Å². The smallest absolute Gasteiger partial charge is 0.324 e. The van der Waals surface area contributed by atoms with Crippen LogP contribution in [0.15, 0.2) is 24.3 Å². The van der Waals surface area contributed by atoms with Crippen LogP contribution in [-0.2, 0) is 9.53 Å². The predicted molar refractivity (Wildman–Crippen MR) is 79.2 cm³/mol. The maximum Gasteiger partial charge on any atom is 0.324 e. The molecule has 21 heavy (non-hydrogen) atoms. The quantitative estimate of drug-likeness (QED) is 0.734. The first-order chi connectivity index (χ1) is 10.0. The Bertz CT molecular complexity index is 469. The van der Waals surface area contributed by atoms with E-state index in [2.05, 4.69) is 5.32 Å². The Labute approximate surface area is 124 Å². The van der Waals surface area contributed by atoms with Crippen LogP contribution < -0.4 is 5.32 Å². The molecule has 0 aliphatic heterocycles. The minimum absolute atomic E-state index is 0.0992. The summed E-state index contributed by atoms with van der Waals surface area (Å²) in [4.78, 5) is 25.7. The fraction of sp³-hybridized carbons (Fsp3) is 0.467. The molecular weight excluding hydrogens is 272 g/mol. The van der Waals surface area contributed by atoms with Crippen molar-refractivity contribution in [1.82, 2.24) is 10.2 Å². The van der Waals surface area contributed by atoms with Gasteiger partial charge in [0.25, 0.3) is 5.91 Å². The molecule has 1 aromatic rings. The van der Waals surface area contributed by atoms with Crippen LogP contribution >= 0.6 is 0 Å². The number of hydrogen-bond acceptors (Lipinski definition) is 5. The normalized spacial score (nSPS) is 12.0. The number of rotatable bonds is 7. The second kappa shape index (κ2) is 8.26. The third kappa shape index (κ3) is 4.75. The van der Waals surface area contributed by atoms with E-state index < -0.39 is 6.04 Å². The van der Waals surface area contributed by atoms with Gasteiger partial charge in [-0.15, -0.1) is 0 Å². The first-order valence-electron chi connectivity index (χ1n) is 6.92. The molecule has 1 rings (SSSR count). The summed E-state index contributed by atoms with van der Waals surface area (Å²) in [5.74, 6) is -0.567. The number of nitrogens with zero attached hydrogens (tertiary/aromatic N) is 1. The maximum absolute atomic E-state index is 12.0. The number of likely N-dealkylation sites (N-methyl/N-ethyl adjacent to an activating group) is 1. The Morgan fingerprint density at radius 3 is 2.29 bits per heavy atom. The number of carbonyl (C=O) groups is 2. The van der Waals surface area contributed by atoms with Gasteiger partial charge in [0.05, 0.1) is 7.11 Å². The number of benzene rings is 1. The molecule has 0 aliphatic rings. The molecule has 0 aliphatic carbocycles. The van der Waals surface area contributed by atoms with Crippen LogP contribution in [0.3, 0.4) is 0 Å². The summed E-state index contributed by atoms with van der Waals surface area (Å²) < 4.78 is 4.79. The Kier molecular flexibility index (Phi) is 6.68. The van der Waals surface area contributed by atoms with E-state index in [4.69, 9.17) is 4.74 Å². The van der Waals surface area contributed by atoms with Crippen molar-refractivity contribution < 1.29 is 19.4 Å². The largest absolute Gasteiger partial charge is 0.508 e. The lowest BCUT2D eigenvalue weighted by molar-refractivity contribution is -0.146. The highest BCUT2D eigenvalue weighted by Crippen LogP contribution is 2.09. The van der Waals surface area contributed by atoms with E-state index in [1.54, 1.807) is 0 Å². The van der Waals surface area contributed by atoms with Gasteiger partial charge < -0.3 is 15.2 Å². The average molecular weight is 294 g/mol. The van der Waals surface area contributed by atoms with Crippen molar-refractivity contribution in [2.45, 2.75) is 19.9 Å². The van der Waals surface area contributed by atoms with Crippen molar-refractivity contribution in [3.63, 3.8) is 0 Å². The van der Waals surface area contributed by atoms with E-state index >= 15 is 0 Å². The van der Waals surface area contributed by atoms with Gasteiger partial charge in [0.15, 0.2) is 0 Å². The summed E-state index contributed by atoms with van der Waals surface area (Å²) >= 11 is 0. The van der Waals surface area contributed by atoms with E-state index in [1.807, 2.05) is 18.7 Å². The minimum Gasteiger partial charge on any atom is -0.508 e. The Hall–Kier alpha value is -2.08. The van der Waals surface area contributed by atoms with Crippen molar-refractivity contribution >= 4 is 11.9 Å². The number of amides is 1. The number of hydrogen-bond donors (Lipinski definition) is 2. The summed E-state index contributed by atoms with van der Waals surface area (Å²) in [5, 5.41) is 11.9. The zero-order valence-electron chi connectivity index (χ0n) is 12.6. The highest BCUT2D eigenvalue weighted by Gasteiger charge is 2.25. The highest BCUT2D eigenvalue weighted by molar-refractivity contribution is 5.94. The number of phenolic OH excluding ortho intramolecular Hbond substituents is 1. The Balaban J connectivity index is 2.69. The molecule has 0 unspecified atom stereocenters. The zero-order chi connectivity index (χ0) is 15.8. The predicted octanol–water partition coefficient (Wildman–Crippen LogP) is 1.01. The lowest BCUT2D eigenvalue weighted by Crippen LogP contribution is -2.49. The van der Waals surface area contributed by atoms with Gasteiger partial charge in [0.1, 0.15) is 11.8 Å². The summed E-state index contributed by atoms with van der Waals surface area (Å²) in [7, 11) is 1.33. The van der Waals surface area contributed by atoms with E-state index in [0.29, 0.717) is 18.7 Å². The molecule has 0 saturated carbocycles. The van der Waals surface area contributed by atoms with Crippen LogP contribution in [0.1, 0.15) is 24.2 Å². The molecule has 0 spiro atoms. The molecule has 1 amide bonds. The number of phenols is 1. The van der Waals surface area contributed by atoms with Crippen molar-refractivity contribution in [3.05, 3.63) is 29.8 Å². The third-order valence-electron chi connectivity index (χ3n) is 3.31. The molecular formula is C15H22N2O4. The topological polar surface area (TPSA) is 78.9 Å². The standard InChI is InChI=1S/C15H22N2O4/c1-4-17(5-2)13(15(20)21-3)10-16-14(19)11-6-8-12(18)9-7-11/h6-9,13,18H,4-5,10H2,1-3H3,(H,16,19)/t13-/m0/s1. The van der Waals surface area contributed by atoms with Gasteiger partial charge in [0.2, 0.25) is 0 Å². The number of methoxy groups -OCH3 is 1. The fourth-order valence-corrected chi connectivity index (χ4v) is 2.07. The summed E-state index contributed by atoms with van der Waals surface area (Å²) in [6, 6.07) is 5.42. The van der Waals surface area contributed by atoms with E-state index in [0.717, 1.165) is 0 Å². The van der Waals surface area contributed by atoms with Crippen LogP contribution in [0.25, 0.3) is 0 Å². The number of ether oxygens (including phenoxy) is 1. The summed E-state index contributed by atoms with van der Waals surface area (Å²) in [6.07, 6.45) is 0. The molecule has 6 nitrogen and oxygen atoms in total. The Morgan fingerprint density at radius 1 is 1.24 bits per heavy atom. The first kappa shape index (κ1) is 17.0. The van der Waals surface area contributed by atoms with Gasteiger partial charge in [-0.25, -0.2) is 0 Å². The van der Waals surface area contributed by atoms with Crippen LogP contribution in [0.5, 0.6) is 5.75 Å². The van der Waals surface area contributed by atoms with Gasteiger partial charge in [0, 0.05) is 12.1 Å². The van der Waals surface area contributed by atoms with Crippen LogP contribution in [0.4, 0.5) is 0 Å². The molecule has 0 radical (unpaired) electrons. The Morgan fingerprint density at radius 2 is 1.81 bits per heavy atom. The molecule has 0 saturated heterocycles. The number of aromatic hydroxyl groups is 1. The molecule has 0 heterocycles. The van der Waals surface area contributed by atoms with Crippen LogP contribution in [-0.4, -0.2) is 54.7 Å². The van der Waals surface area contributed by atoms with Crippen molar-refractivity contribution in [3.8, 4) is 5.75 Å². The molecule has 6 heteroatoms. The summed E-state index contributed by atoms with van der Waals surface area (Å²) in [5.41, 5.74) is 0.427. The highest BCUT2D eigenvalue weighted by atomic mass is 16.5. The van der Waals surface area contributed by atoms with E-state index in [9.17, 15) is 14.7 Å². The van der Waals surface area contributed by atoms with Crippen LogP contribution in [0.2, 0.25) is 0 Å². The van der Waals surface area contributed by atoms with Crippen LogP contribution in [0, 0.1) is 0 Å². The zero-order valence-corrected chi connectivity index (χ0v) is 12.6. The minimum atomic E-state index is -0.508. The van der Waals surface area contributed by atoms with Crippen molar-refractivity contribution in [1.29, 1.82) is 0 Å². The molecule has 116 valence electrons. The number of carbonyl (C=O) groups excluding carboxylic acids is 2. The second-order valence-corrected chi connectivity index (χ2v) is 4.52. The summed E-state index contributed by atoms with van der Waals surface area (Å²) in [6.45, 7) is 5.44. The number of esters is 1. The van der Waals surface area contributed by atoms with Gasteiger partial charge >= 0.3 is 5.97 Å². The number of nitrogens with one attached hydrogen (secondary N) is 1. The van der Waals surface area contributed by atoms with Gasteiger partial charge in [-0.2, -0.15) is 0 Å². The molecule has 0 bridgehead atoms. The molecule has 1 aromatic carbocycles. The second-order valence-electron chi connectivity index (χ2n) is 4.52.